The van der Waals surface area contributed by atoms with Crippen LogP contribution in [-0.4, -0.2) is 112 Å². The number of amides is 3. The number of hydrogen-bond acceptors (Lipinski definition) is 8. The maximum Gasteiger partial charge on any atom is 0.407 e. The zero-order valence-electron chi connectivity index (χ0n) is 21.0. The molecule has 0 aromatic carbocycles. The van der Waals surface area contributed by atoms with E-state index in [2.05, 4.69) is 5.32 Å². The average Bonchev–Trinajstić information content (AvgIpc) is 2.83. The molecule has 2 saturated heterocycles. The second-order valence-electron chi connectivity index (χ2n) is 10.9. The van der Waals surface area contributed by atoms with Gasteiger partial charge in [0.05, 0.1) is 12.7 Å². The predicted octanol–water partition coefficient (Wildman–Crippen LogP) is -0.140. The second kappa shape index (κ2) is 11.9. The second-order valence-corrected chi connectivity index (χ2v) is 10.9. The van der Waals surface area contributed by atoms with Gasteiger partial charge in [0.15, 0.2) is 0 Å². The van der Waals surface area contributed by atoms with Crippen molar-refractivity contribution in [2.45, 2.75) is 82.9 Å². The molecule has 3 rings (SSSR count). The number of ether oxygens (including phenoxy) is 2. The van der Waals surface area contributed by atoms with Gasteiger partial charge in [-0.3, -0.25) is 9.59 Å². The third-order valence-electron chi connectivity index (χ3n) is 7.06. The zero-order chi connectivity index (χ0) is 25.8. The minimum absolute atomic E-state index is 0.0261. The number of carbonyl (C=O) groups excluding carboxylic acids is 3. The number of nitrogens with one attached hydrogen (secondary N) is 1. The number of aliphatic hydroxyl groups excluding tert-OH is 3. The summed E-state index contributed by atoms with van der Waals surface area (Å²) in [6, 6.07) is 0. The van der Waals surface area contributed by atoms with Crippen molar-refractivity contribution in [2.75, 3.05) is 39.3 Å². The number of hydrogen-bond donors (Lipinski definition) is 4. The molecule has 11 nitrogen and oxygen atoms in total. The molecule has 3 fully saturated rings. The van der Waals surface area contributed by atoms with Crippen LogP contribution in [0.25, 0.3) is 0 Å². The molecule has 0 aromatic rings. The molecule has 1 saturated carbocycles. The van der Waals surface area contributed by atoms with Gasteiger partial charge in [-0.05, 0) is 52.4 Å². The molecule has 0 bridgehead atoms. The summed E-state index contributed by atoms with van der Waals surface area (Å²) in [5.41, 5.74) is -0.530. The highest BCUT2D eigenvalue weighted by molar-refractivity contribution is 5.82. The Labute approximate surface area is 206 Å². The lowest BCUT2D eigenvalue weighted by atomic mass is 9.81. The highest BCUT2D eigenvalue weighted by atomic mass is 16.6. The smallest absolute Gasteiger partial charge is 0.407 e. The van der Waals surface area contributed by atoms with Crippen LogP contribution in [0, 0.1) is 11.8 Å². The van der Waals surface area contributed by atoms with Crippen molar-refractivity contribution in [2.24, 2.45) is 11.8 Å². The van der Waals surface area contributed by atoms with E-state index in [0.717, 1.165) is 25.7 Å². The lowest BCUT2D eigenvalue weighted by molar-refractivity contribution is -0.192. The molecule has 3 aliphatic rings. The molecule has 0 radical (unpaired) electrons. The first kappa shape index (κ1) is 27.6. The van der Waals surface area contributed by atoms with Gasteiger partial charge in [0.25, 0.3) is 5.91 Å². The average molecular weight is 500 g/mol. The van der Waals surface area contributed by atoms with E-state index < -0.39 is 42.7 Å². The highest BCUT2D eigenvalue weighted by Gasteiger charge is 2.41. The number of aliphatic hydroxyl groups is 3. The van der Waals surface area contributed by atoms with E-state index in [1.54, 1.807) is 4.90 Å². The molecule has 3 amide bonds. The van der Waals surface area contributed by atoms with Crippen molar-refractivity contribution in [1.29, 1.82) is 0 Å². The summed E-state index contributed by atoms with van der Waals surface area (Å²) in [6.07, 6.45) is -1.43. The van der Waals surface area contributed by atoms with E-state index in [4.69, 9.17) is 9.47 Å². The number of nitrogens with zero attached hydrogens (tertiary/aromatic N) is 2. The minimum atomic E-state index is -1.22. The van der Waals surface area contributed by atoms with Gasteiger partial charge in [0.2, 0.25) is 5.91 Å². The van der Waals surface area contributed by atoms with Crippen LogP contribution in [0.5, 0.6) is 0 Å². The first-order valence-electron chi connectivity index (χ1n) is 12.7. The summed E-state index contributed by atoms with van der Waals surface area (Å²) in [5.74, 6) is 0.106. The van der Waals surface area contributed by atoms with Crippen LogP contribution in [0.1, 0.15) is 52.9 Å². The monoisotopic (exact) mass is 499 g/mol. The molecule has 4 atom stereocenters. The van der Waals surface area contributed by atoms with Gasteiger partial charge in [-0.1, -0.05) is 0 Å². The van der Waals surface area contributed by atoms with Crippen LogP contribution < -0.4 is 5.32 Å². The van der Waals surface area contributed by atoms with Crippen LogP contribution in [0.15, 0.2) is 0 Å². The molecule has 1 unspecified atom stereocenters. The number of alkyl carbamates (subject to hydrolysis) is 1. The fourth-order valence-electron chi connectivity index (χ4n) is 5.03. The molecule has 11 heteroatoms. The van der Waals surface area contributed by atoms with Crippen LogP contribution in [-0.2, 0) is 19.1 Å². The molecule has 200 valence electrons. The van der Waals surface area contributed by atoms with Crippen LogP contribution in [0.4, 0.5) is 4.79 Å². The number of carbonyl (C=O) groups is 3. The minimum Gasteiger partial charge on any atom is -0.444 e. The van der Waals surface area contributed by atoms with Crippen molar-refractivity contribution in [3.63, 3.8) is 0 Å². The molecule has 0 spiro atoms. The van der Waals surface area contributed by atoms with Gasteiger partial charge in [-0.2, -0.15) is 0 Å². The van der Waals surface area contributed by atoms with E-state index >= 15 is 0 Å². The fraction of sp³-hybridized carbons (Fsp3) is 0.875. The van der Waals surface area contributed by atoms with Crippen molar-refractivity contribution in [3.05, 3.63) is 0 Å². The van der Waals surface area contributed by atoms with Crippen LogP contribution in [0.3, 0.4) is 0 Å². The topological polar surface area (TPSA) is 149 Å². The standard InChI is InChI=1S/C24H41N3O8/c1-24(2,3)35-23(33)25-13-15-4-6-16(7-5-15)21(31)26-8-10-27(11-9-26)22(32)18-12-17(29)20(30)19(14-28)34-18/h15-20,28-30H,4-14H2,1-3H3,(H,25,33)/t15?,16?,17-,18?,19-,20+/m1/s1. The van der Waals surface area contributed by atoms with E-state index in [9.17, 15) is 29.7 Å². The van der Waals surface area contributed by atoms with Crippen molar-refractivity contribution in [3.8, 4) is 0 Å². The number of rotatable bonds is 5. The molecule has 1 aliphatic carbocycles. The largest absolute Gasteiger partial charge is 0.444 e. The fourth-order valence-corrected chi connectivity index (χ4v) is 5.03. The van der Waals surface area contributed by atoms with Crippen molar-refractivity contribution >= 4 is 17.9 Å². The molecular weight excluding hydrogens is 458 g/mol. The van der Waals surface area contributed by atoms with Crippen molar-refractivity contribution < 1.29 is 39.2 Å². The summed E-state index contributed by atoms with van der Waals surface area (Å²) in [4.78, 5) is 41.2. The Hall–Kier alpha value is -1.95. The first-order valence-corrected chi connectivity index (χ1v) is 12.7. The molecule has 0 aromatic heterocycles. The van der Waals surface area contributed by atoms with Gasteiger partial charge in [0, 0.05) is 45.1 Å². The van der Waals surface area contributed by atoms with Crippen LogP contribution >= 0.6 is 0 Å². The quantitative estimate of drug-likeness (QED) is 0.408. The SMILES string of the molecule is CC(C)(C)OC(=O)NCC1CCC(C(=O)N2CCN(C(=O)C3C[C@@H](O)[C@H](O)[C@@H](CO)O3)CC2)CC1. The Bertz CT molecular complexity index is 742. The molecular formula is C24H41N3O8. The Morgan fingerprint density at radius 1 is 0.971 bits per heavy atom. The summed E-state index contributed by atoms with van der Waals surface area (Å²) in [5, 5.41) is 32.0. The van der Waals surface area contributed by atoms with Crippen molar-refractivity contribution in [1.82, 2.24) is 15.1 Å². The predicted molar refractivity (Wildman–Crippen MR) is 125 cm³/mol. The van der Waals surface area contributed by atoms with Gasteiger partial charge in [-0.25, -0.2) is 4.79 Å². The maximum atomic E-state index is 13.0. The first-order chi connectivity index (χ1) is 16.5. The number of piperazine rings is 1. The van der Waals surface area contributed by atoms with E-state index in [0.29, 0.717) is 38.6 Å². The zero-order valence-corrected chi connectivity index (χ0v) is 21.0. The summed E-state index contributed by atoms with van der Waals surface area (Å²) < 4.78 is 10.8. The summed E-state index contributed by atoms with van der Waals surface area (Å²) >= 11 is 0. The van der Waals surface area contributed by atoms with Gasteiger partial charge >= 0.3 is 6.09 Å². The van der Waals surface area contributed by atoms with E-state index in [-0.39, 0.29) is 24.2 Å². The summed E-state index contributed by atoms with van der Waals surface area (Å²) in [6.45, 7) is 7.16. The highest BCUT2D eigenvalue weighted by Crippen LogP contribution is 2.30. The summed E-state index contributed by atoms with van der Waals surface area (Å²) in [7, 11) is 0. The van der Waals surface area contributed by atoms with Gasteiger partial charge in [0.1, 0.15) is 23.9 Å². The van der Waals surface area contributed by atoms with Crippen LogP contribution in [0.2, 0.25) is 0 Å². The van der Waals surface area contributed by atoms with E-state index in [1.165, 1.54) is 0 Å². The molecule has 2 heterocycles. The Morgan fingerprint density at radius 2 is 1.54 bits per heavy atom. The van der Waals surface area contributed by atoms with E-state index in [1.807, 2.05) is 25.7 Å². The normalized spacial score (nSPS) is 32.2. The maximum absolute atomic E-state index is 13.0. The Balaban J connectivity index is 1.39. The molecule has 2 aliphatic heterocycles. The molecule has 4 N–H and O–H groups in total. The third-order valence-corrected chi connectivity index (χ3v) is 7.06. The van der Waals surface area contributed by atoms with Gasteiger partial charge in [-0.15, -0.1) is 0 Å². The Kier molecular flexibility index (Phi) is 9.36. The third kappa shape index (κ3) is 7.52. The molecule has 35 heavy (non-hydrogen) atoms. The lowest BCUT2D eigenvalue weighted by Crippen LogP contribution is -2.58. The van der Waals surface area contributed by atoms with Gasteiger partial charge < -0.3 is 39.9 Å². The lowest BCUT2D eigenvalue weighted by Gasteiger charge is -2.41. The Morgan fingerprint density at radius 3 is 2.09 bits per heavy atom.